The zero-order valence-corrected chi connectivity index (χ0v) is 49.6. The standard InChI is InChI=1S/C68H127NO5/c1-3-5-7-9-11-13-15-17-19-21-23-24-25-26-28-29-32-36-40-44-48-52-56-60-66(71)65(64-70)69-67(72)61-57-53-49-45-41-37-33-31-35-39-43-47-51-55-59-63-74-68(73)62-58-54-50-46-42-38-34-30-27-22-20-18-16-14-12-10-8-6-4-2/h12,14,18,20,31,35,39,43,65-66,70-71H,3-11,13,15-17,19,21-30,32-34,36-38,40-42,44-64H2,1-2H3,(H,69,72)/b14-12-,20-18-,35-31-,43-39-. The molecule has 434 valence electrons. The van der Waals surface area contributed by atoms with Crippen molar-refractivity contribution < 1.29 is 24.5 Å². The van der Waals surface area contributed by atoms with Gasteiger partial charge in [0, 0.05) is 12.8 Å². The van der Waals surface area contributed by atoms with Gasteiger partial charge in [-0.05, 0) is 89.9 Å². The van der Waals surface area contributed by atoms with Crippen molar-refractivity contribution >= 4 is 11.9 Å². The second-order valence-electron chi connectivity index (χ2n) is 22.5. The number of hydrogen-bond acceptors (Lipinski definition) is 5. The molecule has 2 atom stereocenters. The molecule has 0 rings (SSSR count). The van der Waals surface area contributed by atoms with Crippen molar-refractivity contribution in [3.05, 3.63) is 48.6 Å². The van der Waals surface area contributed by atoms with Crippen LogP contribution in [0.1, 0.15) is 348 Å². The van der Waals surface area contributed by atoms with Crippen molar-refractivity contribution in [3.8, 4) is 0 Å². The molecule has 3 N–H and O–H groups in total. The fraction of sp³-hybridized carbons (Fsp3) is 0.853. The smallest absolute Gasteiger partial charge is 0.305 e. The summed E-state index contributed by atoms with van der Waals surface area (Å²) >= 11 is 0. The van der Waals surface area contributed by atoms with Crippen LogP contribution < -0.4 is 5.32 Å². The molecule has 6 nitrogen and oxygen atoms in total. The highest BCUT2D eigenvalue weighted by molar-refractivity contribution is 5.76. The summed E-state index contributed by atoms with van der Waals surface area (Å²) in [6.45, 7) is 4.89. The third-order valence-corrected chi connectivity index (χ3v) is 15.1. The van der Waals surface area contributed by atoms with Crippen LogP contribution in [0.4, 0.5) is 0 Å². The topological polar surface area (TPSA) is 95.9 Å². The van der Waals surface area contributed by atoms with Crippen LogP contribution in [0.2, 0.25) is 0 Å². The molecule has 0 spiro atoms. The first kappa shape index (κ1) is 71.8. The first-order valence-corrected chi connectivity index (χ1v) is 32.9. The first-order chi connectivity index (χ1) is 36.5. The van der Waals surface area contributed by atoms with Gasteiger partial charge >= 0.3 is 5.97 Å². The zero-order chi connectivity index (χ0) is 53.6. The van der Waals surface area contributed by atoms with Gasteiger partial charge in [-0.2, -0.15) is 0 Å². The van der Waals surface area contributed by atoms with Crippen LogP contribution in [0, 0.1) is 0 Å². The van der Waals surface area contributed by atoms with Crippen molar-refractivity contribution in [2.45, 2.75) is 360 Å². The Morgan fingerprint density at radius 1 is 0.392 bits per heavy atom. The van der Waals surface area contributed by atoms with E-state index in [1.807, 2.05) is 0 Å². The molecule has 0 heterocycles. The summed E-state index contributed by atoms with van der Waals surface area (Å²) in [6.07, 6.45) is 81.3. The maximum atomic E-state index is 12.5. The van der Waals surface area contributed by atoms with E-state index >= 15 is 0 Å². The van der Waals surface area contributed by atoms with Crippen molar-refractivity contribution in [2.75, 3.05) is 13.2 Å². The molecule has 0 bridgehead atoms. The van der Waals surface area contributed by atoms with Crippen LogP contribution in [-0.4, -0.2) is 47.4 Å². The zero-order valence-electron chi connectivity index (χ0n) is 49.6. The molecule has 2 unspecified atom stereocenters. The number of ether oxygens (including phenoxy) is 1. The molecule has 0 saturated carbocycles. The Kier molecular flexibility index (Phi) is 61.5. The maximum Gasteiger partial charge on any atom is 0.305 e. The molecule has 0 fully saturated rings. The number of amides is 1. The number of unbranched alkanes of at least 4 members (excludes halogenated alkanes) is 43. The lowest BCUT2D eigenvalue weighted by Gasteiger charge is -2.22. The minimum absolute atomic E-state index is 0.0249. The van der Waals surface area contributed by atoms with Gasteiger partial charge in [0.15, 0.2) is 0 Å². The van der Waals surface area contributed by atoms with Crippen LogP contribution in [0.3, 0.4) is 0 Å². The predicted molar refractivity (Wildman–Crippen MR) is 324 cm³/mol. The van der Waals surface area contributed by atoms with Gasteiger partial charge in [0.1, 0.15) is 0 Å². The van der Waals surface area contributed by atoms with Crippen LogP contribution in [-0.2, 0) is 14.3 Å². The molecule has 0 aliphatic heterocycles. The normalized spacial score (nSPS) is 12.9. The second kappa shape index (κ2) is 63.4. The van der Waals surface area contributed by atoms with Gasteiger partial charge < -0.3 is 20.3 Å². The van der Waals surface area contributed by atoms with Crippen molar-refractivity contribution in [1.82, 2.24) is 5.32 Å². The Morgan fingerprint density at radius 2 is 0.716 bits per heavy atom. The second-order valence-corrected chi connectivity index (χ2v) is 22.5. The molecule has 0 aromatic rings. The van der Waals surface area contributed by atoms with E-state index < -0.39 is 12.1 Å². The average molecular weight is 1040 g/mol. The highest BCUT2D eigenvalue weighted by Gasteiger charge is 2.20. The molecule has 0 aliphatic carbocycles. The molecule has 0 aliphatic rings. The molecule has 74 heavy (non-hydrogen) atoms. The van der Waals surface area contributed by atoms with E-state index in [0.29, 0.717) is 25.9 Å². The van der Waals surface area contributed by atoms with E-state index in [1.54, 1.807) is 0 Å². The third-order valence-electron chi connectivity index (χ3n) is 15.1. The number of aliphatic hydroxyl groups excluding tert-OH is 2. The maximum absolute atomic E-state index is 12.5. The molecule has 0 saturated heterocycles. The van der Waals surface area contributed by atoms with Crippen LogP contribution in [0.5, 0.6) is 0 Å². The predicted octanol–water partition coefficient (Wildman–Crippen LogP) is 20.9. The Balaban J connectivity index is 3.50. The minimum Gasteiger partial charge on any atom is -0.466 e. The van der Waals surface area contributed by atoms with Crippen LogP contribution in [0.25, 0.3) is 0 Å². The van der Waals surface area contributed by atoms with E-state index in [-0.39, 0.29) is 18.5 Å². The molecule has 0 radical (unpaired) electrons. The fourth-order valence-electron chi connectivity index (χ4n) is 10.1. The summed E-state index contributed by atoms with van der Waals surface area (Å²) in [4.78, 5) is 24.6. The van der Waals surface area contributed by atoms with Crippen molar-refractivity contribution in [3.63, 3.8) is 0 Å². The van der Waals surface area contributed by atoms with E-state index in [1.165, 1.54) is 231 Å². The van der Waals surface area contributed by atoms with Gasteiger partial charge in [0.05, 0.1) is 25.4 Å². The van der Waals surface area contributed by atoms with Crippen molar-refractivity contribution in [2.24, 2.45) is 0 Å². The van der Waals surface area contributed by atoms with E-state index in [0.717, 1.165) is 83.5 Å². The number of esters is 1. The lowest BCUT2D eigenvalue weighted by atomic mass is 10.0. The summed E-state index contributed by atoms with van der Waals surface area (Å²) in [5.41, 5.74) is 0. The highest BCUT2D eigenvalue weighted by Crippen LogP contribution is 2.18. The molecule has 0 aromatic heterocycles. The van der Waals surface area contributed by atoms with Gasteiger partial charge in [0.25, 0.3) is 0 Å². The van der Waals surface area contributed by atoms with Gasteiger partial charge in [-0.3, -0.25) is 9.59 Å². The lowest BCUT2D eigenvalue weighted by Crippen LogP contribution is -2.45. The van der Waals surface area contributed by atoms with E-state index in [9.17, 15) is 19.8 Å². The first-order valence-electron chi connectivity index (χ1n) is 32.9. The molecule has 6 heteroatoms. The third kappa shape index (κ3) is 59.1. The van der Waals surface area contributed by atoms with Gasteiger partial charge in [0.2, 0.25) is 5.91 Å². The Morgan fingerprint density at radius 3 is 1.14 bits per heavy atom. The molecule has 1 amide bonds. The number of allylic oxidation sites excluding steroid dienone is 8. The van der Waals surface area contributed by atoms with E-state index in [4.69, 9.17) is 4.74 Å². The summed E-state index contributed by atoms with van der Waals surface area (Å²) in [5, 5.41) is 23.4. The van der Waals surface area contributed by atoms with Gasteiger partial charge in [-0.15, -0.1) is 0 Å². The summed E-state index contributed by atoms with van der Waals surface area (Å²) in [7, 11) is 0. The van der Waals surface area contributed by atoms with E-state index in [2.05, 4.69) is 67.8 Å². The summed E-state index contributed by atoms with van der Waals surface area (Å²) < 4.78 is 5.47. The van der Waals surface area contributed by atoms with Crippen LogP contribution in [0.15, 0.2) is 48.6 Å². The largest absolute Gasteiger partial charge is 0.466 e. The minimum atomic E-state index is -0.681. The fourth-order valence-corrected chi connectivity index (χ4v) is 10.1. The number of aliphatic hydroxyl groups is 2. The summed E-state index contributed by atoms with van der Waals surface area (Å²) in [6, 6.07) is -0.561. The lowest BCUT2D eigenvalue weighted by molar-refractivity contribution is -0.143. The average Bonchev–Trinajstić information content (AvgIpc) is 3.40. The molecular formula is C68H127NO5. The van der Waals surface area contributed by atoms with Crippen molar-refractivity contribution in [1.29, 1.82) is 0 Å². The SMILES string of the molecule is CCCCC/C=C\C/C=C\CCCCCCCCCCCC(=O)OCCCCC/C=C\C=C/CCCCCCCCC(=O)NC(CO)C(O)CCCCCCCCCCCCCCCCCCCCCCCCC. The Bertz CT molecular complexity index is 1240. The summed E-state index contributed by atoms with van der Waals surface area (Å²) in [5.74, 6) is -0.0799. The van der Waals surface area contributed by atoms with Gasteiger partial charge in [-0.1, -0.05) is 294 Å². The number of nitrogens with one attached hydrogen (secondary N) is 1. The number of carbonyl (C=O) groups excluding carboxylic acids is 2. The number of rotatable bonds is 61. The highest BCUT2D eigenvalue weighted by atomic mass is 16.5. The quantitative estimate of drug-likeness (QED) is 0.0244. The monoisotopic (exact) mass is 1040 g/mol. The number of hydrogen-bond donors (Lipinski definition) is 3. The molecular weight excluding hydrogens is 911 g/mol. The number of carbonyl (C=O) groups is 2. The Labute approximate surface area is 461 Å². The Hall–Kier alpha value is -2.18. The van der Waals surface area contributed by atoms with Crippen LogP contribution >= 0.6 is 0 Å². The van der Waals surface area contributed by atoms with Gasteiger partial charge in [-0.25, -0.2) is 0 Å². The molecule has 0 aromatic carbocycles.